The Morgan fingerprint density at radius 3 is 2.38 bits per heavy atom. The third-order valence-electron chi connectivity index (χ3n) is 4.38. The summed E-state index contributed by atoms with van der Waals surface area (Å²) in [6, 6.07) is 3.93. The highest BCUT2D eigenvalue weighted by molar-refractivity contribution is 9.10. The summed E-state index contributed by atoms with van der Waals surface area (Å²) in [6.07, 6.45) is 0.958. The molecule has 24 heavy (non-hydrogen) atoms. The number of esters is 1. The van der Waals surface area contributed by atoms with E-state index in [9.17, 15) is 4.79 Å². The van der Waals surface area contributed by atoms with Crippen LogP contribution in [-0.2, 0) is 16.0 Å². The van der Waals surface area contributed by atoms with E-state index in [4.69, 9.17) is 13.9 Å². The van der Waals surface area contributed by atoms with Crippen LogP contribution in [0.1, 0.15) is 39.7 Å². The van der Waals surface area contributed by atoms with Crippen molar-refractivity contribution in [3.8, 4) is 11.5 Å². The maximum atomic E-state index is 11.5. The number of carbonyl (C=O) groups is 1. The summed E-state index contributed by atoms with van der Waals surface area (Å²) >= 11 is 3.60. The quantitative estimate of drug-likeness (QED) is 0.444. The summed E-state index contributed by atoms with van der Waals surface area (Å²) in [5.41, 5.74) is 1.01. The molecule has 0 saturated heterocycles. The van der Waals surface area contributed by atoms with E-state index in [2.05, 4.69) is 49.8 Å². The van der Waals surface area contributed by atoms with Crippen molar-refractivity contribution in [2.45, 2.75) is 58.7 Å². The molecule has 0 aliphatic rings. The molecule has 0 atom stereocenters. The van der Waals surface area contributed by atoms with Gasteiger partial charge in [-0.3, -0.25) is 4.79 Å². The number of halogens is 1. The molecule has 0 aromatic heterocycles. The average Bonchev–Trinajstić information content (AvgIpc) is 2.46. The van der Waals surface area contributed by atoms with Crippen molar-refractivity contribution < 1.29 is 18.7 Å². The smallest absolute Gasteiger partial charge is 0.306 e. The van der Waals surface area contributed by atoms with Crippen molar-refractivity contribution in [3.05, 3.63) is 22.2 Å². The average molecular weight is 417 g/mol. The van der Waals surface area contributed by atoms with Crippen LogP contribution in [0.25, 0.3) is 0 Å². The molecule has 6 heteroatoms. The lowest BCUT2D eigenvalue weighted by Crippen LogP contribution is -2.44. The molecule has 0 aliphatic heterocycles. The minimum Gasteiger partial charge on any atom is -0.540 e. The fourth-order valence-electron chi connectivity index (χ4n) is 1.90. The Bertz CT molecular complexity index is 579. The first kappa shape index (κ1) is 21.0. The van der Waals surface area contributed by atoms with Crippen molar-refractivity contribution in [3.63, 3.8) is 0 Å². The summed E-state index contributed by atoms with van der Waals surface area (Å²) in [5, 5.41) is 0.0973. The van der Waals surface area contributed by atoms with Crippen molar-refractivity contribution in [2.24, 2.45) is 0 Å². The van der Waals surface area contributed by atoms with Gasteiger partial charge in [0.05, 0.1) is 18.2 Å². The molecule has 0 radical (unpaired) electrons. The first-order chi connectivity index (χ1) is 11.0. The number of methoxy groups -OCH3 is 1. The molecule has 0 amide bonds. The largest absolute Gasteiger partial charge is 0.540 e. The molecule has 0 N–H and O–H groups in total. The number of hydrogen-bond acceptors (Lipinski definition) is 4. The van der Waals surface area contributed by atoms with Crippen LogP contribution in [0.15, 0.2) is 16.6 Å². The maximum absolute atomic E-state index is 11.5. The van der Waals surface area contributed by atoms with Gasteiger partial charge in [0.25, 0.3) is 8.32 Å². The molecule has 1 aromatic rings. The summed E-state index contributed by atoms with van der Waals surface area (Å²) in [6.45, 7) is 13.2. The van der Waals surface area contributed by atoms with Gasteiger partial charge in [-0.2, -0.15) is 0 Å². The number of benzene rings is 1. The summed E-state index contributed by atoms with van der Waals surface area (Å²) in [4.78, 5) is 11.5. The number of ether oxygens (including phenoxy) is 2. The first-order valence-electron chi connectivity index (χ1n) is 8.23. The van der Waals surface area contributed by atoms with E-state index in [-0.39, 0.29) is 11.0 Å². The Balaban J connectivity index is 3.02. The molecule has 0 unspecified atom stereocenters. The second-order valence-corrected chi connectivity index (χ2v) is 12.9. The Kier molecular flexibility index (Phi) is 7.35. The summed E-state index contributed by atoms with van der Waals surface area (Å²) in [7, 11) is -0.339. The van der Waals surface area contributed by atoms with Gasteiger partial charge >= 0.3 is 5.97 Å². The molecule has 4 nitrogen and oxygen atoms in total. The fourth-order valence-corrected chi connectivity index (χ4v) is 3.65. The van der Waals surface area contributed by atoms with Crippen molar-refractivity contribution >= 4 is 30.2 Å². The molecular formula is C18H29BrO4Si. The standard InChI is InChI=1S/C18H29BrO4Si/c1-8-22-16(20)10-9-13-11-14(19)17(15(12-13)21-5)23-24(6,7)18(2,3)4/h11-12H,8-10H2,1-7H3. The van der Waals surface area contributed by atoms with Crippen LogP contribution in [0.4, 0.5) is 0 Å². The normalized spacial score (nSPS) is 12.0. The lowest BCUT2D eigenvalue weighted by Gasteiger charge is -2.37. The van der Waals surface area contributed by atoms with E-state index in [1.54, 1.807) is 7.11 Å². The molecule has 1 rings (SSSR count). The Morgan fingerprint density at radius 2 is 1.88 bits per heavy atom. The van der Waals surface area contributed by atoms with E-state index in [0.717, 1.165) is 15.8 Å². The molecule has 1 aromatic carbocycles. The minimum atomic E-state index is -1.97. The van der Waals surface area contributed by atoms with Gasteiger partial charge in [-0.15, -0.1) is 0 Å². The second kappa shape index (κ2) is 8.38. The van der Waals surface area contributed by atoms with Crippen LogP contribution in [0, 0.1) is 0 Å². The monoisotopic (exact) mass is 416 g/mol. The molecule has 0 aliphatic carbocycles. The first-order valence-corrected chi connectivity index (χ1v) is 11.9. The number of aryl methyl sites for hydroxylation is 1. The number of rotatable bonds is 7. The fraction of sp³-hybridized carbons (Fsp3) is 0.611. The van der Waals surface area contributed by atoms with Gasteiger partial charge in [0.15, 0.2) is 11.5 Å². The van der Waals surface area contributed by atoms with Crippen LogP contribution < -0.4 is 9.16 Å². The van der Waals surface area contributed by atoms with Crippen LogP contribution in [0.2, 0.25) is 18.1 Å². The van der Waals surface area contributed by atoms with E-state index in [0.29, 0.717) is 25.2 Å². The van der Waals surface area contributed by atoms with Gasteiger partial charge < -0.3 is 13.9 Å². The van der Waals surface area contributed by atoms with Gasteiger partial charge in [-0.05, 0) is 65.1 Å². The Labute approximate surface area is 155 Å². The van der Waals surface area contributed by atoms with Gasteiger partial charge in [0.2, 0.25) is 0 Å². The van der Waals surface area contributed by atoms with Crippen LogP contribution >= 0.6 is 15.9 Å². The molecule has 0 bridgehead atoms. The summed E-state index contributed by atoms with van der Waals surface area (Å²) < 4.78 is 17.8. The minimum absolute atomic E-state index is 0.0973. The lowest BCUT2D eigenvalue weighted by molar-refractivity contribution is -0.143. The van der Waals surface area contributed by atoms with Gasteiger partial charge in [-0.1, -0.05) is 20.8 Å². The van der Waals surface area contributed by atoms with Crippen molar-refractivity contribution in [2.75, 3.05) is 13.7 Å². The molecule has 0 spiro atoms. The zero-order chi connectivity index (χ0) is 18.5. The van der Waals surface area contributed by atoms with E-state index in [1.807, 2.05) is 19.1 Å². The van der Waals surface area contributed by atoms with Gasteiger partial charge in [0, 0.05) is 6.42 Å². The van der Waals surface area contributed by atoms with Gasteiger partial charge in [0.1, 0.15) is 0 Å². The molecule has 0 fully saturated rings. The lowest BCUT2D eigenvalue weighted by atomic mass is 10.1. The van der Waals surface area contributed by atoms with Gasteiger partial charge in [-0.25, -0.2) is 0 Å². The van der Waals surface area contributed by atoms with E-state index < -0.39 is 8.32 Å². The number of carbonyl (C=O) groups excluding carboxylic acids is 1. The Morgan fingerprint density at radius 1 is 1.25 bits per heavy atom. The molecule has 0 heterocycles. The highest BCUT2D eigenvalue weighted by Crippen LogP contribution is 2.43. The van der Waals surface area contributed by atoms with E-state index in [1.165, 1.54) is 0 Å². The Hall–Kier alpha value is -1.01. The third kappa shape index (κ3) is 5.52. The highest BCUT2D eigenvalue weighted by Gasteiger charge is 2.40. The number of hydrogen-bond donors (Lipinski definition) is 0. The molecular weight excluding hydrogens is 388 g/mol. The zero-order valence-electron chi connectivity index (χ0n) is 15.8. The van der Waals surface area contributed by atoms with Crippen LogP contribution in [0.5, 0.6) is 11.5 Å². The predicted octanol–water partition coefficient (Wildman–Crippen LogP) is 5.34. The SMILES string of the molecule is CCOC(=O)CCc1cc(Br)c(O[Si](C)(C)C(C)(C)C)c(OC)c1. The van der Waals surface area contributed by atoms with Crippen LogP contribution in [-0.4, -0.2) is 28.0 Å². The van der Waals surface area contributed by atoms with Crippen molar-refractivity contribution in [1.29, 1.82) is 0 Å². The predicted molar refractivity (Wildman–Crippen MR) is 103 cm³/mol. The summed E-state index contributed by atoms with van der Waals surface area (Å²) in [5.74, 6) is 1.24. The topological polar surface area (TPSA) is 44.8 Å². The van der Waals surface area contributed by atoms with Crippen LogP contribution in [0.3, 0.4) is 0 Å². The molecule has 0 saturated carbocycles. The highest BCUT2D eigenvalue weighted by atomic mass is 79.9. The zero-order valence-corrected chi connectivity index (χ0v) is 18.4. The van der Waals surface area contributed by atoms with E-state index >= 15 is 0 Å². The second-order valence-electron chi connectivity index (χ2n) is 7.28. The maximum Gasteiger partial charge on any atom is 0.306 e. The molecule has 136 valence electrons. The third-order valence-corrected chi connectivity index (χ3v) is 9.29. The van der Waals surface area contributed by atoms with Crippen molar-refractivity contribution in [1.82, 2.24) is 0 Å².